The lowest BCUT2D eigenvalue weighted by Crippen LogP contribution is -2.34. The molecule has 3 amide bonds. The number of ether oxygens (including phenoxy) is 1. The Balaban J connectivity index is 1.72. The molecule has 0 bridgehead atoms. The fourth-order valence-electron chi connectivity index (χ4n) is 3.29. The molecule has 0 heterocycles. The molecular formula is C25H26N2O4. The molecule has 0 radical (unpaired) electrons. The standard InChI is InChI=1S/C25H26N2O4/c1-15(2)21-14-20(10-11-22(21)28)31-23-16(3)12-19(13-17(23)4)26-25(30)27-24(29)18-8-6-5-7-9-18/h5-15,28H,1-4H3,(H2,26,27,29,30). The van der Waals surface area contributed by atoms with E-state index in [1.807, 2.05) is 33.8 Å². The highest BCUT2D eigenvalue weighted by atomic mass is 16.5. The highest BCUT2D eigenvalue weighted by molar-refractivity contribution is 6.08. The van der Waals surface area contributed by atoms with Crippen molar-refractivity contribution in [3.05, 3.63) is 82.9 Å². The molecule has 0 aliphatic carbocycles. The fraction of sp³-hybridized carbons (Fsp3) is 0.200. The molecule has 31 heavy (non-hydrogen) atoms. The van der Waals surface area contributed by atoms with Crippen LogP contribution in [0.3, 0.4) is 0 Å². The molecule has 3 rings (SSSR count). The summed E-state index contributed by atoms with van der Waals surface area (Å²) in [6.07, 6.45) is 0. The third kappa shape index (κ3) is 5.42. The zero-order valence-corrected chi connectivity index (χ0v) is 18.0. The Bertz CT molecular complexity index is 1080. The predicted octanol–water partition coefficient (Wildman–Crippen LogP) is 5.89. The van der Waals surface area contributed by atoms with Gasteiger partial charge in [-0.25, -0.2) is 4.79 Å². The molecule has 3 aromatic rings. The van der Waals surface area contributed by atoms with Crippen molar-refractivity contribution < 1.29 is 19.4 Å². The minimum atomic E-state index is -0.610. The van der Waals surface area contributed by atoms with Gasteiger partial charge < -0.3 is 15.2 Å². The average molecular weight is 418 g/mol. The van der Waals surface area contributed by atoms with Crippen LogP contribution in [0.1, 0.15) is 46.8 Å². The number of carbonyl (C=O) groups is 2. The van der Waals surface area contributed by atoms with Gasteiger partial charge in [-0.1, -0.05) is 32.0 Å². The number of phenolic OH excluding ortho intramolecular Hbond substituents is 1. The largest absolute Gasteiger partial charge is 0.508 e. The van der Waals surface area contributed by atoms with Gasteiger partial charge in [0.15, 0.2) is 0 Å². The number of urea groups is 1. The third-order valence-corrected chi connectivity index (χ3v) is 4.82. The van der Waals surface area contributed by atoms with Gasteiger partial charge in [0.1, 0.15) is 17.2 Å². The second kappa shape index (κ2) is 9.34. The van der Waals surface area contributed by atoms with E-state index in [1.165, 1.54) is 0 Å². The molecule has 0 saturated carbocycles. The Kier molecular flexibility index (Phi) is 6.60. The molecule has 3 aromatic carbocycles. The first-order chi connectivity index (χ1) is 14.7. The Morgan fingerprint density at radius 3 is 2.19 bits per heavy atom. The number of carbonyl (C=O) groups excluding carboxylic acids is 2. The summed E-state index contributed by atoms with van der Waals surface area (Å²) in [5.41, 5.74) is 3.41. The average Bonchev–Trinajstić information content (AvgIpc) is 2.72. The van der Waals surface area contributed by atoms with Crippen molar-refractivity contribution in [3.8, 4) is 17.2 Å². The quantitative estimate of drug-likeness (QED) is 0.482. The SMILES string of the molecule is Cc1cc(NC(=O)NC(=O)c2ccccc2)cc(C)c1Oc1ccc(O)c(C(C)C)c1. The number of anilines is 1. The third-order valence-electron chi connectivity index (χ3n) is 4.82. The van der Waals surface area contributed by atoms with E-state index < -0.39 is 11.9 Å². The van der Waals surface area contributed by atoms with Crippen LogP contribution in [0.5, 0.6) is 17.2 Å². The Morgan fingerprint density at radius 1 is 0.935 bits per heavy atom. The maximum absolute atomic E-state index is 12.2. The van der Waals surface area contributed by atoms with Gasteiger partial charge in [-0.05, 0) is 73.4 Å². The smallest absolute Gasteiger partial charge is 0.326 e. The summed E-state index contributed by atoms with van der Waals surface area (Å²) in [4.78, 5) is 24.4. The first-order valence-corrected chi connectivity index (χ1v) is 10.0. The Hall–Kier alpha value is -3.80. The monoisotopic (exact) mass is 418 g/mol. The number of benzene rings is 3. The predicted molar refractivity (Wildman–Crippen MR) is 121 cm³/mol. The van der Waals surface area contributed by atoms with Crippen LogP contribution in [0, 0.1) is 13.8 Å². The lowest BCUT2D eigenvalue weighted by atomic mass is 10.0. The summed E-state index contributed by atoms with van der Waals surface area (Å²) in [6.45, 7) is 7.77. The maximum atomic E-state index is 12.2. The van der Waals surface area contributed by atoms with E-state index in [2.05, 4.69) is 10.6 Å². The minimum Gasteiger partial charge on any atom is -0.508 e. The lowest BCUT2D eigenvalue weighted by molar-refractivity contribution is 0.0967. The second-order valence-electron chi connectivity index (χ2n) is 7.69. The fourth-order valence-corrected chi connectivity index (χ4v) is 3.29. The normalized spacial score (nSPS) is 10.6. The molecular weight excluding hydrogens is 392 g/mol. The van der Waals surface area contributed by atoms with Gasteiger partial charge in [-0.3, -0.25) is 10.1 Å². The van der Waals surface area contributed by atoms with Crippen LogP contribution in [0.15, 0.2) is 60.7 Å². The van der Waals surface area contributed by atoms with Crippen molar-refractivity contribution in [3.63, 3.8) is 0 Å². The Morgan fingerprint density at radius 2 is 1.58 bits per heavy atom. The number of amides is 3. The van der Waals surface area contributed by atoms with Crippen LogP contribution < -0.4 is 15.4 Å². The molecule has 0 aromatic heterocycles. The highest BCUT2D eigenvalue weighted by Crippen LogP contribution is 2.35. The number of rotatable bonds is 5. The topological polar surface area (TPSA) is 87.7 Å². The molecule has 6 nitrogen and oxygen atoms in total. The van der Waals surface area contributed by atoms with Crippen molar-refractivity contribution in [2.45, 2.75) is 33.6 Å². The minimum absolute atomic E-state index is 0.162. The molecule has 0 unspecified atom stereocenters. The van der Waals surface area contributed by atoms with Gasteiger partial charge in [0.25, 0.3) is 5.91 Å². The van der Waals surface area contributed by atoms with Gasteiger partial charge in [-0.15, -0.1) is 0 Å². The zero-order valence-electron chi connectivity index (χ0n) is 18.0. The molecule has 6 heteroatoms. The van der Waals surface area contributed by atoms with E-state index in [0.717, 1.165) is 16.7 Å². The van der Waals surface area contributed by atoms with Gasteiger partial charge in [0.05, 0.1) is 0 Å². The molecule has 0 spiro atoms. The van der Waals surface area contributed by atoms with Crippen molar-refractivity contribution >= 4 is 17.6 Å². The zero-order chi connectivity index (χ0) is 22.5. The van der Waals surface area contributed by atoms with Crippen LogP contribution in [0.2, 0.25) is 0 Å². The van der Waals surface area contributed by atoms with E-state index >= 15 is 0 Å². The highest BCUT2D eigenvalue weighted by Gasteiger charge is 2.14. The summed E-state index contributed by atoms with van der Waals surface area (Å²) in [5.74, 6) is 1.23. The number of hydrogen-bond acceptors (Lipinski definition) is 4. The van der Waals surface area contributed by atoms with Crippen LogP contribution in [0.4, 0.5) is 10.5 Å². The van der Waals surface area contributed by atoms with Crippen molar-refractivity contribution in [1.82, 2.24) is 5.32 Å². The summed E-state index contributed by atoms with van der Waals surface area (Å²) >= 11 is 0. The number of phenols is 1. The van der Waals surface area contributed by atoms with E-state index in [1.54, 1.807) is 54.6 Å². The number of aromatic hydroxyl groups is 1. The molecule has 160 valence electrons. The van der Waals surface area contributed by atoms with Gasteiger partial charge in [-0.2, -0.15) is 0 Å². The number of nitrogens with one attached hydrogen (secondary N) is 2. The van der Waals surface area contributed by atoms with Gasteiger partial charge in [0.2, 0.25) is 0 Å². The summed E-state index contributed by atoms with van der Waals surface area (Å²) < 4.78 is 6.07. The van der Waals surface area contributed by atoms with Crippen molar-refractivity contribution in [2.75, 3.05) is 5.32 Å². The van der Waals surface area contributed by atoms with E-state index in [4.69, 9.17) is 4.74 Å². The van der Waals surface area contributed by atoms with Gasteiger partial charge in [0, 0.05) is 16.8 Å². The molecule has 0 aliphatic rings. The molecule has 0 atom stereocenters. The number of aryl methyl sites for hydroxylation is 2. The number of hydrogen-bond donors (Lipinski definition) is 3. The maximum Gasteiger partial charge on any atom is 0.326 e. The first kappa shape index (κ1) is 21.9. The second-order valence-corrected chi connectivity index (χ2v) is 7.69. The van der Waals surface area contributed by atoms with E-state index in [0.29, 0.717) is 22.7 Å². The van der Waals surface area contributed by atoms with E-state index in [-0.39, 0.29) is 11.7 Å². The summed E-state index contributed by atoms with van der Waals surface area (Å²) in [5, 5.41) is 15.0. The lowest BCUT2D eigenvalue weighted by Gasteiger charge is -2.16. The van der Waals surface area contributed by atoms with Crippen molar-refractivity contribution in [1.29, 1.82) is 0 Å². The van der Waals surface area contributed by atoms with Crippen LogP contribution >= 0.6 is 0 Å². The number of imide groups is 1. The van der Waals surface area contributed by atoms with Crippen molar-refractivity contribution in [2.24, 2.45) is 0 Å². The van der Waals surface area contributed by atoms with E-state index in [9.17, 15) is 14.7 Å². The summed E-state index contributed by atoms with van der Waals surface area (Å²) in [7, 11) is 0. The molecule has 0 fully saturated rings. The molecule has 0 aliphatic heterocycles. The van der Waals surface area contributed by atoms with Crippen LogP contribution in [0.25, 0.3) is 0 Å². The van der Waals surface area contributed by atoms with Gasteiger partial charge >= 0.3 is 6.03 Å². The van der Waals surface area contributed by atoms with Crippen LogP contribution in [-0.2, 0) is 0 Å². The Labute approximate surface area is 181 Å². The van der Waals surface area contributed by atoms with Crippen LogP contribution in [-0.4, -0.2) is 17.0 Å². The molecule has 3 N–H and O–H groups in total. The molecule has 0 saturated heterocycles. The first-order valence-electron chi connectivity index (χ1n) is 10.0. The summed E-state index contributed by atoms with van der Waals surface area (Å²) in [6, 6.07) is 16.6.